The summed E-state index contributed by atoms with van der Waals surface area (Å²) in [6, 6.07) is 0. The normalized spacial score (nSPS) is 12.4. The molecule has 1 atom stereocenters. The maximum absolute atomic E-state index is 11.4. The third-order valence-corrected chi connectivity index (χ3v) is 3.13. The van der Waals surface area contributed by atoms with E-state index < -0.39 is 0 Å². The number of aliphatic hydroxyl groups excluding tert-OH is 1. The average Bonchev–Trinajstić information content (AvgIpc) is 2.36. The minimum Gasteiger partial charge on any atom is -0.393 e. The fraction of sp³-hybridized carbons (Fsp3) is 0.867. The highest BCUT2D eigenvalue weighted by atomic mass is 16.5. The molecule has 0 spiro atoms. The van der Waals surface area contributed by atoms with Crippen LogP contribution in [0.15, 0.2) is 0 Å². The first-order valence-electron chi connectivity index (χ1n) is 7.24. The van der Waals surface area contributed by atoms with Crippen LogP contribution in [0.3, 0.4) is 0 Å². The van der Waals surface area contributed by atoms with Crippen molar-refractivity contribution in [2.45, 2.75) is 70.8 Å². The number of rotatable bonds is 13. The number of Topliss-reactive ketones (excluding diaryl/α,β-unsaturated/α-hetero) is 2. The Balaban J connectivity index is 3.39. The molecule has 1 unspecified atom stereocenters. The van der Waals surface area contributed by atoms with E-state index in [1.807, 2.05) is 0 Å². The molecule has 0 aliphatic rings. The summed E-state index contributed by atoms with van der Waals surface area (Å²) >= 11 is 0. The molecule has 0 saturated heterocycles. The lowest BCUT2D eigenvalue weighted by Crippen LogP contribution is -2.08. The number of carbonyl (C=O) groups excluding carboxylic acids is 2. The van der Waals surface area contributed by atoms with E-state index >= 15 is 0 Å². The molecular weight excluding hydrogens is 244 g/mol. The lowest BCUT2D eigenvalue weighted by molar-refractivity contribution is -0.123. The highest BCUT2D eigenvalue weighted by Crippen LogP contribution is 2.11. The van der Waals surface area contributed by atoms with Crippen molar-refractivity contribution in [2.75, 3.05) is 13.7 Å². The first kappa shape index (κ1) is 18.3. The summed E-state index contributed by atoms with van der Waals surface area (Å²) in [5.41, 5.74) is 0. The van der Waals surface area contributed by atoms with Crippen LogP contribution in [-0.2, 0) is 14.3 Å². The van der Waals surface area contributed by atoms with Gasteiger partial charge in [0.05, 0.1) is 6.10 Å². The molecule has 112 valence electrons. The van der Waals surface area contributed by atoms with Crippen molar-refractivity contribution in [3.63, 3.8) is 0 Å². The molecule has 0 heterocycles. The van der Waals surface area contributed by atoms with Gasteiger partial charge in [-0.2, -0.15) is 0 Å². The van der Waals surface area contributed by atoms with Crippen molar-refractivity contribution in [2.24, 2.45) is 0 Å². The highest BCUT2D eigenvalue weighted by molar-refractivity contribution is 5.84. The topological polar surface area (TPSA) is 63.6 Å². The standard InChI is InChI=1S/C15H28O4/c1-13(16)10-11-15(18)9-6-8-14(17)7-4-3-5-12-19-2/h14,17H,3-12H2,1-2H3. The number of methoxy groups -OCH3 is 1. The lowest BCUT2D eigenvalue weighted by Gasteiger charge is -2.09. The SMILES string of the molecule is COCCCCCC(O)CCCC(=O)CCC(C)=O. The molecular formula is C15H28O4. The van der Waals surface area contributed by atoms with Crippen LogP contribution in [0.5, 0.6) is 0 Å². The van der Waals surface area contributed by atoms with Crippen LogP contribution < -0.4 is 0 Å². The smallest absolute Gasteiger partial charge is 0.133 e. The molecule has 0 radical (unpaired) electrons. The molecule has 0 aliphatic carbocycles. The maximum Gasteiger partial charge on any atom is 0.133 e. The minimum absolute atomic E-state index is 0.0597. The van der Waals surface area contributed by atoms with Crippen LogP contribution in [0.4, 0.5) is 0 Å². The van der Waals surface area contributed by atoms with Gasteiger partial charge >= 0.3 is 0 Å². The van der Waals surface area contributed by atoms with Crippen LogP contribution in [0.1, 0.15) is 64.7 Å². The largest absolute Gasteiger partial charge is 0.393 e. The molecule has 0 fully saturated rings. The van der Waals surface area contributed by atoms with E-state index in [1.165, 1.54) is 6.92 Å². The van der Waals surface area contributed by atoms with E-state index in [0.717, 1.165) is 38.7 Å². The first-order valence-corrected chi connectivity index (χ1v) is 7.24. The summed E-state index contributed by atoms with van der Waals surface area (Å²) in [6.07, 6.45) is 6.18. The van der Waals surface area contributed by atoms with Gasteiger partial charge in [-0.1, -0.05) is 12.8 Å². The number of carbonyl (C=O) groups is 2. The van der Waals surface area contributed by atoms with Gasteiger partial charge in [0.1, 0.15) is 11.6 Å². The predicted molar refractivity (Wildman–Crippen MR) is 75.1 cm³/mol. The first-order chi connectivity index (χ1) is 9.06. The number of ketones is 2. The van der Waals surface area contributed by atoms with Crippen molar-refractivity contribution < 1.29 is 19.4 Å². The number of hydrogen-bond donors (Lipinski definition) is 1. The third-order valence-electron chi connectivity index (χ3n) is 3.13. The molecule has 0 amide bonds. The lowest BCUT2D eigenvalue weighted by atomic mass is 10.0. The van der Waals surface area contributed by atoms with Gasteiger partial charge < -0.3 is 14.6 Å². The molecule has 0 rings (SSSR count). The summed E-state index contributed by atoms with van der Waals surface area (Å²) in [5.74, 6) is 0.187. The van der Waals surface area contributed by atoms with Crippen molar-refractivity contribution >= 4 is 11.6 Å². The zero-order valence-corrected chi connectivity index (χ0v) is 12.3. The average molecular weight is 272 g/mol. The monoisotopic (exact) mass is 272 g/mol. The Morgan fingerprint density at radius 3 is 2.32 bits per heavy atom. The Hall–Kier alpha value is -0.740. The van der Waals surface area contributed by atoms with Crippen LogP contribution in [0.2, 0.25) is 0 Å². The Morgan fingerprint density at radius 2 is 1.68 bits per heavy atom. The zero-order valence-electron chi connectivity index (χ0n) is 12.3. The van der Waals surface area contributed by atoms with E-state index in [4.69, 9.17) is 4.74 Å². The Bertz CT molecular complexity index is 251. The van der Waals surface area contributed by atoms with Crippen LogP contribution in [0, 0.1) is 0 Å². The van der Waals surface area contributed by atoms with Gasteiger partial charge in [0, 0.05) is 33.0 Å². The molecule has 4 heteroatoms. The second kappa shape index (κ2) is 12.3. The Morgan fingerprint density at radius 1 is 1.00 bits per heavy atom. The summed E-state index contributed by atoms with van der Waals surface area (Å²) < 4.78 is 4.96. The molecule has 4 nitrogen and oxygen atoms in total. The molecule has 0 aromatic heterocycles. The van der Waals surface area contributed by atoms with Crippen LogP contribution in [-0.4, -0.2) is 36.5 Å². The Kier molecular flexibility index (Phi) is 11.8. The van der Waals surface area contributed by atoms with Gasteiger partial charge in [-0.15, -0.1) is 0 Å². The Labute approximate surface area is 116 Å². The van der Waals surface area contributed by atoms with E-state index in [1.54, 1.807) is 7.11 Å². The van der Waals surface area contributed by atoms with Gasteiger partial charge in [-0.25, -0.2) is 0 Å². The van der Waals surface area contributed by atoms with Gasteiger partial charge in [-0.05, 0) is 32.6 Å². The van der Waals surface area contributed by atoms with Gasteiger partial charge in [0.25, 0.3) is 0 Å². The van der Waals surface area contributed by atoms with Gasteiger partial charge in [-0.3, -0.25) is 4.79 Å². The maximum atomic E-state index is 11.4. The molecule has 0 aromatic carbocycles. The second-order valence-corrected chi connectivity index (χ2v) is 5.13. The highest BCUT2D eigenvalue weighted by Gasteiger charge is 2.07. The molecule has 0 aliphatic heterocycles. The number of unbranched alkanes of at least 4 members (excludes halogenated alkanes) is 2. The molecule has 19 heavy (non-hydrogen) atoms. The van der Waals surface area contributed by atoms with E-state index in [9.17, 15) is 14.7 Å². The minimum atomic E-state index is -0.303. The van der Waals surface area contributed by atoms with Crippen molar-refractivity contribution in [1.82, 2.24) is 0 Å². The summed E-state index contributed by atoms with van der Waals surface area (Å²) in [5, 5.41) is 9.74. The third kappa shape index (κ3) is 13.5. The van der Waals surface area contributed by atoms with E-state index in [-0.39, 0.29) is 17.7 Å². The molecule has 0 saturated carbocycles. The van der Waals surface area contributed by atoms with Crippen molar-refractivity contribution in [3.05, 3.63) is 0 Å². The number of aliphatic hydroxyl groups is 1. The van der Waals surface area contributed by atoms with E-state index in [0.29, 0.717) is 25.7 Å². The summed E-state index contributed by atoms with van der Waals surface area (Å²) in [4.78, 5) is 22.1. The van der Waals surface area contributed by atoms with Crippen molar-refractivity contribution in [1.29, 1.82) is 0 Å². The second-order valence-electron chi connectivity index (χ2n) is 5.13. The molecule has 0 aromatic rings. The number of ether oxygens (including phenoxy) is 1. The van der Waals surface area contributed by atoms with Crippen LogP contribution >= 0.6 is 0 Å². The predicted octanol–water partition coefficient (Wildman–Crippen LogP) is 2.66. The van der Waals surface area contributed by atoms with Crippen molar-refractivity contribution in [3.8, 4) is 0 Å². The van der Waals surface area contributed by atoms with E-state index in [2.05, 4.69) is 0 Å². The fourth-order valence-corrected chi connectivity index (χ4v) is 1.92. The van der Waals surface area contributed by atoms with Crippen LogP contribution in [0.25, 0.3) is 0 Å². The summed E-state index contributed by atoms with van der Waals surface area (Å²) in [7, 11) is 1.69. The molecule has 1 N–H and O–H groups in total. The van der Waals surface area contributed by atoms with Gasteiger partial charge in [0.15, 0.2) is 0 Å². The summed E-state index contributed by atoms with van der Waals surface area (Å²) in [6.45, 7) is 2.28. The fourth-order valence-electron chi connectivity index (χ4n) is 1.92. The molecule has 0 bridgehead atoms. The van der Waals surface area contributed by atoms with Gasteiger partial charge in [0.2, 0.25) is 0 Å². The zero-order chi connectivity index (χ0) is 14.5. The number of hydrogen-bond acceptors (Lipinski definition) is 4. The quantitative estimate of drug-likeness (QED) is 0.524.